The summed E-state index contributed by atoms with van der Waals surface area (Å²) in [5, 5.41) is 1.19. The number of aromatic amines is 1. The van der Waals surface area contributed by atoms with E-state index < -0.39 is 0 Å². The molecule has 1 fully saturated rings. The summed E-state index contributed by atoms with van der Waals surface area (Å²) in [6, 6.07) is 6.25. The van der Waals surface area contributed by atoms with Gasteiger partial charge in [-0.1, -0.05) is 29.8 Å². The average molecular weight is 432 g/mol. The first-order chi connectivity index (χ1) is 12.9. The zero-order valence-corrected chi connectivity index (χ0v) is 17.5. The average Bonchev–Trinajstić information content (AvgIpc) is 3.04. The second-order valence-electron chi connectivity index (χ2n) is 8.06. The van der Waals surface area contributed by atoms with Crippen molar-refractivity contribution in [1.29, 1.82) is 0 Å². The van der Waals surface area contributed by atoms with Crippen molar-refractivity contribution in [1.82, 2.24) is 14.8 Å². The molecule has 2 amide bonds. The van der Waals surface area contributed by atoms with Crippen LogP contribution in [0, 0.1) is 11.8 Å². The van der Waals surface area contributed by atoms with E-state index in [1.807, 2.05) is 29.7 Å². The Morgan fingerprint density at radius 3 is 2.81 bits per heavy atom. The van der Waals surface area contributed by atoms with Crippen LogP contribution in [-0.2, 0) is 22.6 Å². The van der Waals surface area contributed by atoms with Crippen molar-refractivity contribution in [2.75, 3.05) is 19.6 Å². The molecule has 27 heavy (non-hydrogen) atoms. The number of fused-ring (bicyclic) bond motifs is 3. The molecule has 0 radical (unpaired) electrons. The van der Waals surface area contributed by atoms with Crippen LogP contribution < -0.4 is 0 Å². The van der Waals surface area contributed by atoms with Gasteiger partial charge < -0.3 is 14.8 Å². The van der Waals surface area contributed by atoms with Gasteiger partial charge in [0.25, 0.3) is 0 Å². The molecule has 1 aromatic carbocycles. The van der Waals surface area contributed by atoms with Crippen LogP contribution in [0.4, 0.5) is 0 Å². The van der Waals surface area contributed by atoms with Crippen LogP contribution in [0.3, 0.4) is 0 Å². The van der Waals surface area contributed by atoms with Gasteiger partial charge in [-0.25, -0.2) is 0 Å². The number of amides is 2. The van der Waals surface area contributed by atoms with Crippen LogP contribution in [0.15, 0.2) is 22.7 Å². The van der Waals surface area contributed by atoms with Crippen LogP contribution in [-0.4, -0.2) is 46.2 Å². The van der Waals surface area contributed by atoms with E-state index in [-0.39, 0.29) is 23.7 Å². The summed E-state index contributed by atoms with van der Waals surface area (Å²) in [6.45, 7) is 6.60. The lowest BCUT2D eigenvalue weighted by Crippen LogP contribution is -2.48. The van der Waals surface area contributed by atoms with E-state index in [0.29, 0.717) is 13.1 Å². The molecule has 0 spiro atoms. The summed E-state index contributed by atoms with van der Waals surface area (Å²) in [4.78, 5) is 32.9. The van der Waals surface area contributed by atoms with Crippen LogP contribution in [0.25, 0.3) is 10.9 Å². The fourth-order valence-electron chi connectivity index (χ4n) is 4.38. The molecule has 2 aliphatic rings. The van der Waals surface area contributed by atoms with Gasteiger partial charge >= 0.3 is 0 Å². The summed E-state index contributed by atoms with van der Waals surface area (Å²) >= 11 is 3.55. The number of carbonyl (C=O) groups excluding carboxylic acids is 2. The number of hydrogen-bond donors (Lipinski definition) is 1. The predicted octanol–water partition coefficient (Wildman–Crippen LogP) is 3.71. The zero-order chi connectivity index (χ0) is 19.1. The lowest BCUT2D eigenvalue weighted by molar-refractivity contribution is -0.142. The van der Waals surface area contributed by atoms with E-state index in [9.17, 15) is 9.59 Å². The first kappa shape index (κ1) is 18.5. The van der Waals surface area contributed by atoms with Gasteiger partial charge in [0.05, 0.1) is 5.92 Å². The van der Waals surface area contributed by atoms with Crippen LogP contribution >= 0.6 is 15.9 Å². The summed E-state index contributed by atoms with van der Waals surface area (Å²) in [5.74, 6) is 0.280. The minimum Gasteiger partial charge on any atom is -0.358 e. The molecule has 6 heteroatoms. The Labute approximate surface area is 168 Å². The highest BCUT2D eigenvalue weighted by atomic mass is 79.9. The normalized spacial score (nSPS) is 20.2. The SMILES string of the molecule is CC(C)C(=O)N1CCCC(C(=O)N2CCc3[nH]c4ccc(Br)cc4c3C2)C1. The molecule has 1 N–H and O–H groups in total. The monoisotopic (exact) mass is 431 g/mol. The number of benzene rings is 1. The van der Waals surface area contributed by atoms with E-state index in [0.717, 1.165) is 42.3 Å². The number of rotatable bonds is 2. The Balaban J connectivity index is 1.51. The minimum absolute atomic E-state index is 0.0129. The molecule has 0 saturated carbocycles. The Bertz CT molecular complexity index is 889. The maximum atomic E-state index is 13.2. The lowest BCUT2D eigenvalue weighted by Gasteiger charge is -2.37. The third-order valence-corrected chi connectivity index (χ3v) is 6.32. The van der Waals surface area contributed by atoms with E-state index in [1.54, 1.807) is 0 Å². The molecule has 5 nitrogen and oxygen atoms in total. The van der Waals surface area contributed by atoms with E-state index in [4.69, 9.17) is 0 Å². The van der Waals surface area contributed by atoms with Gasteiger partial charge in [0, 0.05) is 65.2 Å². The smallest absolute Gasteiger partial charge is 0.227 e. The number of H-pyrrole nitrogens is 1. The zero-order valence-electron chi connectivity index (χ0n) is 15.9. The molecule has 1 unspecified atom stereocenters. The standard InChI is InChI=1S/C21H26BrN3O2/c1-13(2)20(26)24-8-3-4-14(11-24)21(27)25-9-7-19-17(12-25)16-10-15(22)5-6-18(16)23-19/h5-6,10,13-14,23H,3-4,7-9,11-12H2,1-2H3. The summed E-state index contributed by atoms with van der Waals surface area (Å²) < 4.78 is 1.05. The molecule has 1 saturated heterocycles. The van der Waals surface area contributed by atoms with Crippen LogP contribution in [0.2, 0.25) is 0 Å². The number of piperidine rings is 1. The van der Waals surface area contributed by atoms with E-state index in [1.165, 1.54) is 16.6 Å². The molecule has 3 heterocycles. The largest absolute Gasteiger partial charge is 0.358 e. The minimum atomic E-state index is -0.0695. The Morgan fingerprint density at radius 2 is 2.04 bits per heavy atom. The van der Waals surface area contributed by atoms with Gasteiger partial charge in [0.15, 0.2) is 0 Å². The Kier molecular flexibility index (Phi) is 5.01. The fourth-order valence-corrected chi connectivity index (χ4v) is 4.74. The number of nitrogens with one attached hydrogen (secondary N) is 1. The van der Waals surface area contributed by atoms with Crippen molar-refractivity contribution in [3.8, 4) is 0 Å². The molecule has 0 aliphatic carbocycles. The number of halogens is 1. The lowest BCUT2D eigenvalue weighted by atomic mass is 9.94. The van der Waals surface area contributed by atoms with E-state index >= 15 is 0 Å². The molecular weight excluding hydrogens is 406 g/mol. The highest BCUT2D eigenvalue weighted by molar-refractivity contribution is 9.10. The van der Waals surface area contributed by atoms with Crippen molar-refractivity contribution < 1.29 is 9.59 Å². The highest BCUT2D eigenvalue weighted by Crippen LogP contribution is 2.31. The van der Waals surface area contributed by atoms with Gasteiger partial charge in [0.1, 0.15) is 0 Å². The first-order valence-electron chi connectivity index (χ1n) is 9.80. The predicted molar refractivity (Wildman–Crippen MR) is 109 cm³/mol. The van der Waals surface area contributed by atoms with Crippen molar-refractivity contribution in [2.45, 2.75) is 39.7 Å². The Hall–Kier alpha value is -1.82. The molecule has 2 aromatic rings. The third kappa shape index (κ3) is 3.51. The summed E-state index contributed by atoms with van der Waals surface area (Å²) in [6.07, 6.45) is 2.65. The fraction of sp³-hybridized carbons (Fsp3) is 0.524. The van der Waals surface area contributed by atoms with Crippen LogP contribution in [0.1, 0.15) is 37.9 Å². The second-order valence-corrected chi connectivity index (χ2v) is 8.98. The maximum absolute atomic E-state index is 13.2. The third-order valence-electron chi connectivity index (χ3n) is 5.83. The summed E-state index contributed by atoms with van der Waals surface area (Å²) in [5.41, 5.74) is 3.60. The van der Waals surface area contributed by atoms with Crippen molar-refractivity contribution >= 4 is 38.6 Å². The molecule has 144 valence electrons. The molecule has 0 bridgehead atoms. The van der Waals surface area contributed by atoms with E-state index in [2.05, 4.69) is 33.0 Å². The topological polar surface area (TPSA) is 56.4 Å². The molecule has 1 aromatic heterocycles. The molecule has 1 atom stereocenters. The van der Waals surface area contributed by atoms with Crippen molar-refractivity contribution in [3.05, 3.63) is 33.9 Å². The quantitative estimate of drug-likeness (QED) is 0.787. The van der Waals surface area contributed by atoms with Gasteiger partial charge in [-0.05, 0) is 31.0 Å². The molecular formula is C21H26BrN3O2. The van der Waals surface area contributed by atoms with Crippen LogP contribution in [0.5, 0.6) is 0 Å². The van der Waals surface area contributed by atoms with Crippen molar-refractivity contribution in [3.63, 3.8) is 0 Å². The molecule has 4 rings (SSSR count). The Morgan fingerprint density at radius 1 is 1.22 bits per heavy atom. The number of aromatic nitrogens is 1. The van der Waals surface area contributed by atoms with Crippen molar-refractivity contribution in [2.24, 2.45) is 11.8 Å². The number of likely N-dealkylation sites (tertiary alicyclic amines) is 1. The number of hydrogen-bond acceptors (Lipinski definition) is 2. The van der Waals surface area contributed by atoms with Gasteiger partial charge in [-0.3, -0.25) is 9.59 Å². The second kappa shape index (κ2) is 7.30. The van der Waals surface area contributed by atoms with Gasteiger partial charge in [-0.2, -0.15) is 0 Å². The van der Waals surface area contributed by atoms with Gasteiger partial charge in [0.2, 0.25) is 11.8 Å². The van der Waals surface area contributed by atoms with Gasteiger partial charge in [-0.15, -0.1) is 0 Å². The maximum Gasteiger partial charge on any atom is 0.227 e. The number of carbonyl (C=O) groups is 2. The highest BCUT2D eigenvalue weighted by Gasteiger charge is 2.33. The molecule has 2 aliphatic heterocycles. The summed E-state index contributed by atoms with van der Waals surface area (Å²) in [7, 11) is 0. The first-order valence-corrected chi connectivity index (χ1v) is 10.6. The number of nitrogens with zero attached hydrogens (tertiary/aromatic N) is 2.